The molecule has 0 aliphatic carbocycles. The molecule has 0 fully saturated rings. The molecule has 2 aromatic rings. The second-order valence-corrected chi connectivity index (χ2v) is 8.36. The quantitative estimate of drug-likeness (QED) is 0.575. The molecule has 1 aromatic carbocycles. The van der Waals surface area contributed by atoms with E-state index < -0.39 is 12.5 Å². The summed E-state index contributed by atoms with van der Waals surface area (Å²) in [5.74, 6) is -0.479. The molecule has 2 rings (SSSR count). The Bertz CT molecular complexity index is 767. The molecule has 0 spiro atoms. The molecule has 0 aliphatic heterocycles. The third-order valence-electron chi connectivity index (χ3n) is 4.23. The van der Waals surface area contributed by atoms with Crippen LogP contribution >= 0.6 is 22.9 Å². The first-order chi connectivity index (χ1) is 13.4. The SMILES string of the molecule is CCC(CCN(C)C)OCc1nc(NC(=O)CO)sc1Cc1cccc(Cl)c1. The van der Waals surface area contributed by atoms with Crippen LogP contribution in [0.15, 0.2) is 24.3 Å². The zero-order chi connectivity index (χ0) is 20.5. The summed E-state index contributed by atoms with van der Waals surface area (Å²) < 4.78 is 6.10. The van der Waals surface area contributed by atoms with Crippen molar-refractivity contribution in [3.8, 4) is 0 Å². The Balaban J connectivity index is 2.13. The molecule has 0 bridgehead atoms. The number of aliphatic hydroxyl groups is 1. The molecule has 1 atom stereocenters. The van der Waals surface area contributed by atoms with Crippen LogP contribution in [0.25, 0.3) is 0 Å². The second-order valence-electron chi connectivity index (χ2n) is 6.84. The van der Waals surface area contributed by atoms with E-state index in [1.165, 1.54) is 11.3 Å². The third-order valence-corrected chi connectivity index (χ3v) is 5.48. The first kappa shape index (κ1) is 22.8. The maximum Gasteiger partial charge on any atom is 0.251 e. The van der Waals surface area contributed by atoms with Crippen molar-refractivity contribution in [2.24, 2.45) is 0 Å². The Labute approximate surface area is 175 Å². The molecule has 0 saturated carbocycles. The lowest BCUT2D eigenvalue weighted by Crippen LogP contribution is -2.21. The zero-order valence-corrected chi connectivity index (χ0v) is 18.1. The number of rotatable bonds is 11. The fourth-order valence-electron chi connectivity index (χ4n) is 2.68. The van der Waals surface area contributed by atoms with Crippen LogP contribution in [0.2, 0.25) is 5.02 Å². The maximum atomic E-state index is 11.5. The van der Waals surface area contributed by atoms with Crippen LogP contribution in [0.4, 0.5) is 5.13 Å². The normalized spacial score (nSPS) is 12.4. The molecule has 0 radical (unpaired) electrons. The maximum absolute atomic E-state index is 11.5. The molecule has 154 valence electrons. The van der Waals surface area contributed by atoms with Gasteiger partial charge in [0.2, 0.25) is 0 Å². The predicted octanol–water partition coefficient (Wildman–Crippen LogP) is 3.57. The number of anilines is 1. The highest BCUT2D eigenvalue weighted by molar-refractivity contribution is 7.15. The van der Waals surface area contributed by atoms with Crippen LogP contribution < -0.4 is 5.32 Å². The lowest BCUT2D eigenvalue weighted by atomic mass is 10.1. The Kier molecular flexibility index (Phi) is 9.34. The van der Waals surface area contributed by atoms with Gasteiger partial charge in [-0.15, -0.1) is 11.3 Å². The molecular weight excluding hydrogens is 398 g/mol. The summed E-state index contributed by atoms with van der Waals surface area (Å²) in [5, 5.41) is 12.7. The van der Waals surface area contributed by atoms with E-state index in [0.29, 0.717) is 23.2 Å². The molecule has 1 amide bonds. The topological polar surface area (TPSA) is 74.7 Å². The number of halogens is 1. The second kappa shape index (κ2) is 11.5. The zero-order valence-electron chi connectivity index (χ0n) is 16.6. The molecule has 1 unspecified atom stereocenters. The largest absolute Gasteiger partial charge is 0.387 e. The molecule has 1 heterocycles. The van der Waals surface area contributed by atoms with Crippen LogP contribution in [0, 0.1) is 0 Å². The van der Waals surface area contributed by atoms with E-state index in [9.17, 15) is 4.79 Å². The van der Waals surface area contributed by atoms with Crippen LogP contribution in [-0.2, 0) is 22.6 Å². The Morgan fingerprint density at radius 1 is 1.43 bits per heavy atom. The van der Waals surface area contributed by atoms with Gasteiger partial charge < -0.3 is 14.7 Å². The van der Waals surface area contributed by atoms with Gasteiger partial charge in [-0.1, -0.05) is 30.7 Å². The number of amides is 1. The number of aromatic nitrogens is 1. The summed E-state index contributed by atoms with van der Waals surface area (Å²) in [7, 11) is 4.10. The average molecular weight is 426 g/mol. The number of nitrogens with one attached hydrogen (secondary N) is 1. The first-order valence-electron chi connectivity index (χ1n) is 9.31. The fourth-order valence-corrected chi connectivity index (χ4v) is 3.91. The minimum atomic E-state index is -0.572. The lowest BCUT2D eigenvalue weighted by molar-refractivity contribution is -0.118. The summed E-state index contributed by atoms with van der Waals surface area (Å²) in [4.78, 5) is 19.2. The number of nitrogens with zero attached hydrogens (tertiary/aromatic N) is 2. The summed E-state index contributed by atoms with van der Waals surface area (Å²) in [6.07, 6.45) is 2.68. The van der Waals surface area contributed by atoms with Gasteiger partial charge in [0.25, 0.3) is 5.91 Å². The number of carbonyl (C=O) groups excluding carboxylic acids is 1. The molecule has 6 nitrogen and oxygen atoms in total. The molecule has 1 aromatic heterocycles. The highest BCUT2D eigenvalue weighted by Crippen LogP contribution is 2.28. The molecule has 28 heavy (non-hydrogen) atoms. The predicted molar refractivity (Wildman–Crippen MR) is 114 cm³/mol. The number of benzene rings is 1. The highest BCUT2D eigenvalue weighted by Gasteiger charge is 2.16. The van der Waals surface area contributed by atoms with Crippen LogP contribution in [-0.4, -0.2) is 54.2 Å². The van der Waals surface area contributed by atoms with Crippen LogP contribution in [0.5, 0.6) is 0 Å². The van der Waals surface area contributed by atoms with E-state index in [0.717, 1.165) is 35.5 Å². The summed E-state index contributed by atoms with van der Waals surface area (Å²) in [5.41, 5.74) is 1.87. The van der Waals surface area contributed by atoms with Crippen LogP contribution in [0.1, 0.15) is 35.9 Å². The van der Waals surface area contributed by atoms with Gasteiger partial charge in [0.1, 0.15) is 6.61 Å². The number of hydrogen-bond donors (Lipinski definition) is 2. The van der Waals surface area contributed by atoms with Crippen molar-refractivity contribution in [3.05, 3.63) is 45.4 Å². The van der Waals surface area contributed by atoms with E-state index in [-0.39, 0.29) is 6.10 Å². The number of thiazole rings is 1. The Hall–Kier alpha value is -1.51. The molecule has 0 aliphatic rings. The minimum absolute atomic E-state index is 0.151. The summed E-state index contributed by atoms with van der Waals surface area (Å²) >= 11 is 7.50. The van der Waals surface area contributed by atoms with Gasteiger partial charge in [-0.05, 0) is 51.2 Å². The third kappa shape index (κ3) is 7.48. The molecule has 8 heteroatoms. The monoisotopic (exact) mass is 425 g/mol. The van der Waals surface area contributed by atoms with Crippen molar-refractivity contribution in [3.63, 3.8) is 0 Å². The number of ether oxygens (including phenoxy) is 1. The highest BCUT2D eigenvalue weighted by atomic mass is 35.5. The molecule has 0 saturated heterocycles. The molecular formula is C20H28ClN3O3S. The van der Waals surface area contributed by atoms with Crippen molar-refractivity contribution in [1.82, 2.24) is 9.88 Å². The van der Waals surface area contributed by atoms with E-state index in [1.54, 1.807) is 0 Å². The van der Waals surface area contributed by atoms with Gasteiger partial charge in [0.15, 0.2) is 5.13 Å². The van der Waals surface area contributed by atoms with E-state index in [2.05, 4.69) is 22.1 Å². The Morgan fingerprint density at radius 2 is 2.21 bits per heavy atom. The van der Waals surface area contributed by atoms with E-state index in [1.807, 2.05) is 38.4 Å². The van der Waals surface area contributed by atoms with Crippen molar-refractivity contribution >= 4 is 34.0 Å². The van der Waals surface area contributed by atoms with Gasteiger partial charge in [0.05, 0.1) is 18.4 Å². The van der Waals surface area contributed by atoms with Crippen molar-refractivity contribution in [2.45, 2.75) is 38.9 Å². The van der Waals surface area contributed by atoms with E-state index >= 15 is 0 Å². The number of aliphatic hydroxyl groups excluding tert-OH is 1. The van der Waals surface area contributed by atoms with Gasteiger partial charge in [-0.25, -0.2) is 4.98 Å². The van der Waals surface area contributed by atoms with Gasteiger partial charge >= 0.3 is 0 Å². The minimum Gasteiger partial charge on any atom is -0.387 e. The fraction of sp³-hybridized carbons (Fsp3) is 0.500. The van der Waals surface area contributed by atoms with Gasteiger partial charge in [-0.2, -0.15) is 0 Å². The van der Waals surface area contributed by atoms with Crippen LogP contribution in [0.3, 0.4) is 0 Å². The summed E-state index contributed by atoms with van der Waals surface area (Å²) in [6.45, 7) is 2.88. The van der Waals surface area contributed by atoms with E-state index in [4.69, 9.17) is 21.4 Å². The van der Waals surface area contributed by atoms with Gasteiger partial charge in [0, 0.05) is 16.3 Å². The number of carbonyl (C=O) groups is 1. The number of hydrogen-bond acceptors (Lipinski definition) is 6. The average Bonchev–Trinajstić information content (AvgIpc) is 3.02. The van der Waals surface area contributed by atoms with Crippen molar-refractivity contribution in [1.29, 1.82) is 0 Å². The lowest BCUT2D eigenvalue weighted by Gasteiger charge is -2.18. The van der Waals surface area contributed by atoms with Crippen molar-refractivity contribution < 1.29 is 14.6 Å². The molecule has 2 N–H and O–H groups in total. The Morgan fingerprint density at radius 3 is 2.86 bits per heavy atom. The summed E-state index contributed by atoms with van der Waals surface area (Å²) in [6, 6.07) is 7.68. The first-order valence-corrected chi connectivity index (χ1v) is 10.5. The van der Waals surface area contributed by atoms with Gasteiger partial charge in [-0.3, -0.25) is 10.1 Å². The standard InChI is InChI=1S/C20H28ClN3O3S/c1-4-16(8-9-24(2)3)27-13-17-18(11-14-6-5-7-15(21)10-14)28-20(22-17)23-19(26)12-25/h5-7,10,16,25H,4,8-9,11-13H2,1-3H3,(H,22,23,26). The van der Waals surface area contributed by atoms with Crippen molar-refractivity contribution in [2.75, 3.05) is 32.6 Å². The smallest absolute Gasteiger partial charge is 0.251 e.